The number of nitrogens with two attached hydrogens (primary N) is 1. The summed E-state index contributed by atoms with van der Waals surface area (Å²) in [5.41, 5.74) is 4.53. The minimum Gasteiger partial charge on any atom is -0.326 e. The van der Waals surface area contributed by atoms with Crippen LogP contribution in [0, 0.1) is 0 Å². The fourth-order valence-electron chi connectivity index (χ4n) is 0.893. The van der Waals surface area contributed by atoms with Crippen LogP contribution < -0.4 is 11.3 Å². The molecule has 0 aliphatic carbocycles. The van der Waals surface area contributed by atoms with E-state index in [0.29, 0.717) is 0 Å². The normalized spacial score (nSPS) is 10.7. The van der Waals surface area contributed by atoms with Gasteiger partial charge in [-0.3, -0.25) is 4.79 Å². The van der Waals surface area contributed by atoms with Crippen molar-refractivity contribution in [3.63, 3.8) is 0 Å². The largest absolute Gasteiger partial charge is 0.326 e. The van der Waals surface area contributed by atoms with Gasteiger partial charge in [0, 0.05) is 12.6 Å². The molecule has 0 fully saturated rings. The van der Waals surface area contributed by atoms with Crippen LogP contribution in [0.15, 0.2) is 16.9 Å². The molecule has 1 aromatic rings. The van der Waals surface area contributed by atoms with Gasteiger partial charge in [-0.25, -0.2) is 8.78 Å². The fourth-order valence-corrected chi connectivity index (χ4v) is 0.893. The number of pyridine rings is 1. The SMILES string of the molecule is NCc1ccc(=O)[nH]c1C(F)F. The molecule has 0 aromatic carbocycles. The van der Waals surface area contributed by atoms with Crippen LogP contribution in [0.25, 0.3) is 0 Å². The van der Waals surface area contributed by atoms with Crippen LogP contribution in [0.1, 0.15) is 17.7 Å². The molecule has 0 spiro atoms. The van der Waals surface area contributed by atoms with E-state index < -0.39 is 12.0 Å². The lowest BCUT2D eigenvalue weighted by atomic mass is 10.2. The van der Waals surface area contributed by atoms with Crippen molar-refractivity contribution in [1.29, 1.82) is 0 Å². The van der Waals surface area contributed by atoms with Gasteiger partial charge in [0.05, 0.1) is 5.69 Å². The third kappa shape index (κ3) is 1.68. The highest BCUT2D eigenvalue weighted by atomic mass is 19.3. The molecule has 0 aliphatic heterocycles. The Morgan fingerprint density at radius 2 is 2.17 bits per heavy atom. The molecule has 3 N–H and O–H groups in total. The second-order valence-electron chi connectivity index (χ2n) is 2.27. The molecule has 0 amide bonds. The summed E-state index contributed by atoms with van der Waals surface area (Å²) in [4.78, 5) is 12.7. The second kappa shape index (κ2) is 3.44. The van der Waals surface area contributed by atoms with Crippen molar-refractivity contribution >= 4 is 0 Å². The summed E-state index contributed by atoms with van der Waals surface area (Å²) in [5.74, 6) is 0. The Morgan fingerprint density at radius 1 is 1.50 bits per heavy atom. The molecule has 0 aliphatic rings. The molecule has 0 saturated carbocycles. The van der Waals surface area contributed by atoms with Gasteiger partial charge in [0.2, 0.25) is 5.56 Å². The van der Waals surface area contributed by atoms with Crippen molar-refractivity contribution in [3.05, 3.63) is 33.7 Å². The van der Waals surface area contributed by atoms with E-state index in [1.807, 2.05) is 4.98 Å². The zero-order valence-electron chi connectivity index (χ0n) is 6.18. The van der Waals surface area contributed by atoms with Crippen LogP contribution in [0.4, 0.5) is 8.78 Å². The molecule has 1 heterocycles. The maximum Gasteiger partial charge on any atom is 0.278 e. The summed E-state index contributed by atoms with van der Waals surface area (Å²) in [6.45, 7) is -0.00352. The van der Waals surface area contributed by atoms with Crippen molar-refractivity contribution in [2.75, 3.05) is 0 Å². The molecule has 0 unspecified atom stereocenters. The second-order valence-corrected chi connectivity index (χ2v) is 2.27. The topological polar surface area (TPSA) is 58.9 Å². The molecule has 0 bridgehead atoms. The van der Waals surface area contributed by atoms with Gasteiger partial charge in [-0.15, -0.1) is 0 Å². The first-order chi connectivity index (χ1) is 5.65. The van der Waals surface area contributed by atoms with E-state index >= 15 is 0 Å². The molecule has 1 aromatic heterocycles. The van der Waals surface area contributed by atoms with Crippen LogP contribution in [0.3, 0.4) is 0 Å². The predicted octanol–water partition coefficient (Wildman–Crippen LogP) is 0.771. The van der Waals surface area contributed by atoms with E-state index in [0.717, 1.165) is 0 Å². The van der Waals surface area contributed by atoms with Crippen LogP contribution in [-0.2, 0) is 6.54 Å². The summed E-state index contributed by atoms with van der Waals surface area (Å²) in [6.07, 6.45) is -2.68. The average molecular weight is 174 g/mol. The highest BCUT2D eigenvalue weighted by Crippen LogP contribution is 2.18. The maximum absolute atomic E-state index is 12.2. The zero-order chi connectivity index (χ0) is 9.14. The van der Waals surface area contributed by atoms with E-state index in [2.05, 4.69) is 0 Å². The van der Waals surface area contributed by atoms with E-state index in [9.17, 15) is 13.6 Å². The Kier molecular flexibility index (Phi) is 2.54. The Morgan fingerprint density at radius 3 is 2.67 bits per heavy atom. The average Bonchev–Trinajstić information content (AvgIpc) is 2.04. The Labute approximate surface area is 67.2 Å². The van der Waals surface area contributed by atoms with Crippen molar-refractivity contribution in [3.8, 4) is 0 Å². The first kappa shape index (κ1) is 8.86. The highest BCUT2D eigenvalue weighted by Gasteiger charge is 2.12. The van der Waals surface area contributed by atoms with E-state index in [1.165, 1.54) is 12.1 Å². The molecule has 66 valence electrons. The number of H-pyrrole nitrogens is 1. The summed E-state index contributed by atoms with van der Waals surface area (Å²) < 4.78 is 24.3. The monoisotopic (exact) mass is 174 g/mol. The first-order valence-corrected chi connectivity index (χ1v) is 3.35. The van der Waals surface area contributed by atoms with Gasteiger partial charge in [-0.2, -0.15) is 0 Å². The lowest BCUT2D eigenvalue weighted by Crippen LogP contribution is -2.12. The van der Waals surface area contributed by atoms with E-state index in [-0.39, 0.29) is 17.8 Å². The number of alkyl halides is 2. The lowest BCUT2D eigenvalue weighted by Gasteiger charge is -2.04. The molecular formula is C7H8F2N2O. The summed E-state index contributed by atoms with van der Waals surface area (Å²) >= 11 is 0. The number of aromatic nitrogens is 1. The van der Waals surface area contributed by atoms with Crippen molar-refractivity contribution in [2.24, 2.45) is 5.73 Å². The van der Waals surface area contributed by atoms with Gasteiger partial charge in [0.1, 0.15) is 0 Å². The van der Waals surface area contributed by atoms with E-state index in [1.54, 1.807) is 0 Å². The molecular weight excluding hydrogens is 166 g/mol. The van der Waals surface area contributed by atoms with E-state index in [4.69, 9.17) is 5.73 Å². The standard InChI is InChI=1S/C7H8F2N2O/c8-7(9)6-4(3-10)1-2-5(12)11-6/h1-2,7H,3,10H2,(H,11,12). The van der Waals surface area contributed by atoms with Crippen molar-refractivity contribution < 1.29 is 8.78 Å². The number of hydrogen-bond donors (Lipinski definition) is 2. The molecule has 0 saturated heterocycles. The predicted molar refractivity (Wildman–Crippen MR) is 39.9 cm³/mol. The quantitative estimate of drug-likeness (QED) is 0.695. The lowest BCUT2D eigenvalue weighted by molar-refractivity contribution is 0.144. The van der Waals surface area contributed by atoms with Crippen molar-refractivity contribution in [2.45, 2.75) is 13.0 Å². The Balaban J connectivity index is 3.21. The molecule has 0 radical (unpaired) electrons. The molecule has 5 heteroatoms. The third-order valence-electron chi connectivity index (χ3n) is 1.48. The van der Waals surface area contributed by atoms with Gasteiger partial charge in [0.25, 0.3) is 6.43 Å². The van der Waals surface area contributed by atoms with Gasteiger partial charge in [0.15, 0.2) is 0 Å². The van der Waals surface area contributed by atoms with Crippen LogP contribution in [-0.4, -0.2) is 4.98 Å². The molecule has 12 heavy (non-hydrogen) atoms. The minimum absolute atomic E-state index is 0.00352. The van der Waals surface area contributed by atoms with Crippen LogP contribution in [0.2, 0.25) is 0 Å². The molecule has 3 nitrogen and oxygen atoms in total. The summed E-state index contributed by atoms with van der Waals surface area (Å²) in [5, 5.41) is 0. The number of rotatable bonds is 2. The Bertz CT molecular complexity index is 321. The maximum atomic E-state index is 12.2. The van der Waals surface area contributed by atoms with Crippen LogP contribution in [0.5, 0.6) is 0 Å². The van der Waals surface area contributed by atoms with Gasteiger partial charge in [-0.1, -0.05) is 6.07 Å². The van der Waals surface area contributed by atoms with Gasteiger partial charge in [-0.05, 0) is 5.56 Å². The number of nitrogens with one attached hydrogen (secondary N) is 1. The third-order valence-corrected chi connectivity index (χ3v) is 1.48. The molecule has 1 rings (SSSR count). The number of aromatic amines is 1. The number of hydrogen-bond acceptors (Lipinski definition) is 2. The number of halogens is 2. The molecule has 0 atom stereocenters. The summed E-state index contributed by atoms with van der Waals surface area (Å²) in [6, 6.07) is 2.48. The van der Waals surface area contributed by atoms with Crippen LogP contribution >= 0.6 is 0 Å². The van der Waals surface area contributed by atoms with Crippen molar-refractivity contribution in [1.82, 2.24) is 4.98 Å². The Hall–Kier alpha value is -1.23. The minimum atomic E-state index is -2.68. The smallest absolute Gasteiger partial charge is 0.278 e. The summed E-state index contributed by atoms with van der Waals surface area (Å²) in [7, 11) is 0. The fraction of sp³-hybridized carbons (Fsp3) is 0.286. The zero-order valence-corrected chi connectivity index (χ0v) is 6.18. The van der Waals surface area contributed by atoms with Gasteiger partial charge >= 0.3 is 0 Å². The first-order valence-electron chi connectivity index (χ1n) is 3.35. The van der Waals surface area contributed by atoms with Gasteiger partial charge < -0.3 is 10.7 Å². The highest BCUT2D eigenvalue weighted by molar-refractivity contribution is 5.20.